The summed E-state index contributed by atoms with van der Waals surface area (Å²) in [6.07, 6.45) is 6.61. The maximum Gasteiger partial charge on any atom is 0.225 e. The highest BCUT2D eigenvalue weighted by Gasteiger charge is 2.28. The van der Waals surface area contributed by atoms with Gasteiger partial charge in [-0.1, -0.05) is 37.5 Å². The van der Waals surface area contributed by atoms with Gasteiger partial charge in [0.1, 0.15) is 5.82 Å². The molecule has 0 bridgehead atoms. The number of hydrogen-bond donors (Lipinski definition) is 1. The van der Waals surface area contributed by atoms with Gasteiger partial charge in [-0.25, -0.2) is 4.68 Å². The zero-order valence-corrected chi connectivity index (χ0v) is 15.1. The number of nitrogens with one attached hydrogen (secondary N) is 1. The Labute approximate surface area is 150 Å². The van der Waals surface area contributed by atoms with E-state index in [1.54, 1.807) is 4.68 Å². The van der Waals surface area contributed by atoms with Crippen molar-refractivity contribution in [1.29, 1.82) is 0 Å². The van der Waals surface area contributed by atoms with Crippen LogP contribution in [-0.2, 0) is 27.1 Å². The highest BCUT2D eigenvalue weighted by Crippen LogP contribution is 2.32. The first-order valence-corrected chi connectivity index (χ1v) is 10.5. The molecule has 132 valence electrons. The second kappa shape index (κ2) is 7.12. The van der Waals surface area contributed by atoms with Crippen LogP contribution in [0.25, 0.3) is 5.69 Å². The highest BCUT2D eigenvalue weighted by atomic mass is 32.2. The van der Waals surface area contributed by atoms with E-state index in [2.05, 4.69) is 10.4 Å². The number of rotatable bonds is 4. The third-order valence-corrected chi connectivity index (χ3v) is 6.33. The molecule has 2 aliphatic rings. The van der Waals surface area contributed by atoms with Gasteiger partial charge in [-0.3, -0.25) is 9.00 Å². The summed E-state index contributed by atoms with van der Waals surface area (Å²) < 4.78 is 13.7. The molecule has 2 heterocycles. The summed E-state index contributed by atoms with van der Waals surface area (Å²) in [7, 11) is -0.911. The van der Waals surface area contributed by atoms with Crippen molar-refractivity contribution in [3.05, 3.63) is 41.6 Å². The number of aromatic nitrogens is 2. The number of anilines is 1. The average Bonchev–Trinajstić information content (AvgIpc) is 3.14. The number of benzene rings is 1. The molecule has 1 aromatic carbocycles. The fourth-order valence-electron chi connectivity index (χ4n) is 3.85. The Hall–Kier alpha value is -1.95. The van der Waals surface area contributed by atoms with E-state index in [0.29, 0.717) is 29.7 Å². The number of nitrogens with zero attached hydrogens (tertiary/aromatic N) is 2. The first-order chi connectivity index (χ1) is 12.2. The van der Waals surface area contributed by atoms with E-state index in [0.717, 1.165) is 29.8 Å². The third kappa shape index (κ3) is 3.54. The Bertz CT molecular complexity index is 795. The van der Waals surface area contributed by atoms with E-state index in [1.807, 2.05) is 30.3 Å². The molecule has 1 saturated carbocycles. The van der Waals surface area contributed by atoms with Crippen molar-refractivity contribution < 1.29 is 9.00 Å². The molecule has 1 fully saturated rings. The van der Waals surface area contributed by atoms with E-state index in [9.17, 15) is 9.00 Å². The summed E-state index contributed by atoms with van der Waals surface area (Å²) in [4.78, 5) is 12.6. The molecule has 4 rings (SSSR count). The molecule has 1 atom stereocenters. The lowest BCUT2D eigenvalue weighted by molar-refractivity contribution is -0.117. The van der Waals surface area contributed by atoms with Crippen LogP contribution >= 0.6 is 0 Å². The van der Waals surface area contributed by atoms with Gasteiger partial charge in [-0.15, -0.1) is 0 Å². The van der Waals surface area contributed by atoms with Crippen molar-refractivity contribution in [3.63, 3.8) is 0 Å². The summed E-state index contributed by atoms with van der Waals surface area (Å²) in [6, 6.07) is 9.80. The Balaban J connectivity index is 1.59. The topological polar surface area (TPSA) is 64.0 Å². The molecule has 0 spiro atoms. The normalized spacial score (nSPS) is 20.4. The molecule has 1 unspecified atom stereocenters. The van der Waals surface area contributed by atoms with Gasteiger partial charge in [0.2, 0.25) is 5.91 Å². The minimum Gasteiger partial charge on any atom is -0.310 e. The molecule has 1 aliphatic heterocycles. The fourth-order valence-corrected chi connectivity index (χ4v) is 5.11. The van der Waals surface area contributed by atoms with Crippen molar-refractivity contribution in [2.45, 2.75) is 50.0 Å². The summed E-state index contributed by atoms with van der Waals surface area (Å²) >= 11 is 0. The van der Waals surface area contributed by atoms with Crippen LogP contribution in [0, 0.1) is 5.92 Å². The first kappa shape index (κ1) is 16.5. The lowest BCUT2D eigenvalue weighted by Crippen LogP contribution is -2.20. The second-order valence-electron chi connectivity index (χ2n) is 7.01. The summed E-state index contributed by atoms with van der Waals surface area (Å²) in [5.41, 5.74) is 2.69. The molecular weight excluding hydrogens is 334 g/mol. The van der Waals surface area contributed by atoms with Gasteiger partial charge in [0, 0.05) is 22.8 Å². The van der Waals surface area contributed by atoms with E-state index >= 15 is 0 Å². The molecular formula is C19H23N3O2S. The average molecular weight is 357 g/mol. The Morgan fingerprint density at radius 2 is 1.92 bits per heavy atom. The number of amides is 1. The number of hydrogen-bond acceptors (Lipinski definition) is 3. The van der Waals surface area contributed by atoms with Gasteiger partial charge in [0.05, 0.1) is 22.9 Å². The fraction of sp³-hybridized carbons (Fsp3) is 0.474. The number of para-hydroxylation sites is 1. The number of carbonyl (C=O) groups excluding carboxylic acids is 1. The molecule has 2 aromatic rings. The molecule has 25 heavy (non-hydrogen) atoms. The van der Waals surface area contributed by atoms with Crippen LogP contribution in [0.1, 0.15) is 49.8 Å². The zero-order valence-electron chi connectivity index (χ0n) is 14.2. The monoisotopic (exact) mass is 357 g/mol. The third-order valence-electron chi connectivity index (χ3n) is 5.13. The zero-order chi connectivity index (χ0) is 17.2. The van der Waals surface area contributed by atoms with Crippen LogP contribution in [0.15, 0.2) is 30.3 Å². The van der Waals surface area contributed by atoms with Gasteiger partial charge in [-0.2, -0.15) is 5.10 Å². The van der Waals surface area contributed by atoms with Crippen molar-refractivity contribution in [2.24, 2.45) is 5.92 Å². The molecule has 1 amide bonds. The smallest absolute Gasteiger partial charge is 0.225 e. The maximum atomic E-state index is 12.6. The lowest BCUT2D eigenvalue weighted by atomic mass is 9.87. The van der Waals surface area contributed by atoms with Crippen molar-refractivity contribution >= 4 is 22.5 Å². The minimum atomic E-state index is -0.911. The molecule has 0 saturated heterocycles. The molecule has 0 radical (unpaired) electrons. The second-order valence-corrected chi connectivity index (χ2v) is 8.46. The predicted molar refractivity (Wildman–Crippen MR) is 98.9 cm³/mol. The summed E-state index contributed by atoms with van der Waals surface area (Å²) in [5.74, 6) is 2.18. The standard InChI is InChI=1S/C19H23N3O2S/c23-18(11-14-7-3-1-4-8-14)20-19-16-12-25(24)13-17(16)21-22(19)15-9-5-2-6-10-15/h2,5-6,9-10,14H,1,3-4,7-8,11-13H2,(H,20,23). The molecule has 6 heteroatoms. The maximum absolute atomic E-state index is 12.6. The lowest BCUT2D eigenvalue weighted by Gasteiger charge is -2.21. The van der Waals surface area contributed by atoms with Crippen molar-refractivity contribution in [1.82, 2.24) is 9.78 Å². The molecule has 1 aromatic heterocycles. The Morgan fingerprint density at radius 3 is 2.68 bits per heavy atom. The van der Waals surface area contributed by atoms with E-state index in [1.165, 1.54) is 19.3 Å². The van der Waals surface area contributed by atoms with Crippen LogP contribution < -0.4 is 5.32 Å². The van der Waals surface area contributed by atoms with E-state index in [4.69, 9.17) is 0 Å². The van der Waals surface area contributed by atoms with Gasteiger partial charge in [0.25, 0.3) is 0 Å². The Morgan fingerprint density at radius 1 is 1.16 bits per heavy atom. The minimum absolute atomic E-state index is 0.0458. The summed E-state index contributed by atoms with van der Waals surface area (Å²) in [5, 5.41) is 7.70. The SMILES string of the molecule is O=C(CC1CCCCC1)Nc1c2c(nn1-c1ccccc1)CS(=O)C2. The van der Waals surface area contributed by atoms with Gasteiger partial charge < -0.3 is 5.32 Å². The predicted octanol–water partition coefficient (Wildman–Crippen LogP) is 3.54. The Kier molecular flexibility index (Phi) is 4.70. The van der Waals surface area contributed by atoms with E-state index < -0.39 is 10.8 Å². The van der Waals surface area contributed by atoms with Gasteiger partial charge in [0.15, 0.2) is 0 Å². The highest BCUT2D eigenvalue weighted by molar-refractivity contribution is 7.83. The number of carbonyl (C=O) groups is 1. The number of fused-ring (bicyclic) bond motifs is 1. The van der Waals surface area contributed by atoms with Gasteiger partial charge in [-0.05, 0) is 30.9 Å². The van der Waals surface area contributed by atoms with Crippen LogP contribution in [0.5, 0.6) is 0 Å². The summed E-state index contributed by atoms with van der Waals surface area (Å²) in [6.45, 7) is 0. The molecule has 5 nitrogen and oxygen atoms in total. The molecule has 1 aliphatic carbocycles. The van der Waals surface area contributed by atoms with Crippen molar-refractivity contribution in [2.75, 3.05) is 5.32 Å². The van der Waals surface area contributed by atoms with Crippen LogP contribution in [0.3, 0.4) is 0 Å². The van der Waals surface area contributed by atoms with Crippen LogP contribution in [0.4, 0.5) is 5.82 Å². The van der Waals surface area contributed by atoms with Crippen LogP contribution in [-0.4, -0.2) is 19.9 Å². The largest absolute Gasteiger partial charge is 0.310 e. The van der Waals surface area contributed by atoms with Crippen LogP contribution in [0.2, 0.25) is 0 Å². The quantitative estimate of drug-likeness (QED) is 0.910. The van der Waals surface area contributed by atoms with Crippen molar-refractivity contribution in [3.8, 4) is 5.69 Å². The molecule has 1 N–H and O–H groups in total. The van der Waals surface area contributed by atoms with Gasteiger partial charge >= 0.3 is 0 Å². The van der Waals surface area contributed by atoms with E-state index in [-0.39, 0.29) is 5.91 Å². The first-order valence-electron chi connectivity index (χ1n) is 9.02.